The summed E-state index contributed by atoms with van der Waals surface area (Å²) in [6, 6.07) is 2.74. The van der Waals surface area contributed by atoms with E-state index in [0.717, 1.165) is 11.3 Å². The number of ether oxygens (including phenoxy) is 1. The molecule has 0 spiro atoms. The van der Waals surface area contributed by atoms with E-state index in [1.807, 2.05) is 0 Å². The summed E-state index contributed by atoms with van der Waals surface area (Å²) in [6.45, 7) is 1.96. The predicted molar refractivity (Wildman–Crippen MR) is 44.6 cm³/mol. The van der Waals surface area contributed by atoms with E-state index in [4.69, 9.17) is 0 Å². The molecule has 1 heterocycles. The Hall–Kier alpha value is -1.36. The lowest BCUT2D eigenvalue weighted by molar-refractivity contribution is -0.254. The van der Waals surface area contributed by atoms with Crippen LogP contribution in [0.25, 0.3) is 0 Å². The largest absolute Gasteiger partial charge is 0.544 e. The van der Waals surface area contributed by atoms with Gasteiger partial charge in [0.15, 0.2) is 0 Å². The van der Waals surface area contributed by atoms with Gasteiger partial charge in [0.2, 0.25) is 0 Å². The highest BCUT2D eigenvalue weighted by atomic mass is 32.1. The molecule has 0 bridgehead atoms. The molecule has 1 aromatic rings. The van der Waals surface area contributed by atoms with Crippen molar-refractivity contribution in [1.82, 2.24) is 0 Å². The third kappa shape index (κ3) is 2.29. The molecule has 0 aliphatic heterocycles. The SMILES string of the molecule is CCOC(=O)c1ccc(C(=O)[O-])s1. The van der Waals surface area contributed by atoms with Gasteiger partial charge in [-0.25, -0.2) is 4.79 Å². The van der Waals surface area contributed by atoms with Crippen LogP contribution in [0, 0.1) is 0 Å². The summed E-state index contributed by atoms with van der Waals surface area (Å²) in [6.07, 6.45) is 0. The van der Waals surface area contributed by atoms with Gasteiger partial charge in [0.25, 0.3) is 0 Å². The molecule has 0 fully saturated rings. The first-order valence-corrected chi connectivity index (χ1v) is 4.45. The highest BCUT2D eigenvalue weighted by Crippen LogP contribution is 2.16. The van der Waals surface area contributed by atoms with Gasteiger partial charge in [-0.3, -0.25) is 0 Å². The molecule has 0 aliphatic rings. The molecule has 0 aliphatic carbocycles. The molecular weight excluding hydrogens is 192 g/mol. The average molecular weight is 199 g/mol. The fourth-order valence-electron chi connectivity index (χ4n) is 0.760. The van der Waals surface area contributed by atoms with Crippen molar-refractivity contribution < 1.29 is 19.4 Å². The zero-order valence-corrected chi connectivity index (χ0v) is 7.72. The van der Waals surface area contributed by atoms with Gasteiger partial charge in [-0.15, -0.1) is 11.3 Å². The number of rotatable bonds is 3. The third-order valence-electron chi connectivity index (χ3n) is 1.28. The topological polar surface area (TPSA) is 66.4 Å². The first-order chi connectivity index (χ1) is 6.15. The van der Waals surface area contributed by atoms with Crippen LogP contribution < -0.4 is 5.11 Å². The van der Waals surface area contributed by atoms with Crippen LogP contribution in [0.3, 0.4) is 0 Å². The molecule has 0 atom stereocenters. The summed E-state index contributed by atoms with van der Waals surface area (Å²) in [5, 5.41) is 10.3. The lowest BCUT2D eigenvalue weighted by Gasteiger charge is -1.97. The van der Waals surface area contributed by atoms with Gasteiger partial charge in [-0.1, -0.05) is 0 Å². The highest BCUT2D eigenvalue weighted by Gasteiger charge is 2.09. The normalized spacial score (nSPS) is 9.62. The lowest BCUT2D eigenvalue weighted by atomic mass is 10.4. The van der Waals surface area contributed by atoms with Crippen LogP contribution in [0.5, 0.6) is 0 Å². The second-order valence-electron chi connectivity index (χ2n) is 2.17. The first kappa shape index (κ1) is 9.73. The smallest absolute Gasteiger partial charge is 0.348 e. The van der Waals surface area contributed by atoms with Crippen molar-refractivity contribution in [1.29, 1.82) is 0 Å². The summed E-state index contributed by atoms with van der Waals surface area (Å²) >= 11 is 0.852. The Morgan fingerprint density at radius 3 is 2.54 bits per heavy atom. The Labute approximate surface area is 78.8 Å². The summed E-state index contributed by atoms with van der Waals surface area (Å²) < 4.78 is 4.68. The van der Waals surface area contributed by atoms with E-state index in [0.29, 0.717) is 0 Å². The van der Waals surface area contributed by atoms with Crippen molar-refractivity contribution in [3.05, 3.63) is 21.9 Å². The third-order valence-corrected chi connectivity index (χ3v) is 2.33. The summed E-state index contributed by atoms with van der Waals surface area (Å²) in [4.78, 5) is 21.7. The molecule has 5 heteroatoms. The summed E-state index contributed by atoms with van der Waals surface area (Å²) in [7, 11) is 0. The van der Waals surface area contributed by atoms with Crippen LogP contribution in [-0.4, -0.2) is 18.5 Å². The van der Waals surface area contributed by atoms with Crippen LogP contribution in [0.1, 0.15) is 26.3 Å². The molecule has 0 amide bonds. The van der Waals surface area contributed by atoms with Crippen molar-refractivity contribution in [2.24, 2.45) is 0 Å². The van der Waals surface area contributed by atoms with E-state index in [9.17, 15) is 14.7 Å². The van der Waals surface area contributed by atoms with Crippen LogP contribution in [0.4, 0.5) is 0 Å². The molecule has 0 saturated carbocycles. The second kappa shape index (κ2) is 4.04. The van der Waals surface area contributed by atoms with E-state index >= 15 is 0 Å². The van der Waals surface area contributed by atoms with Crippen molar-refractivity contribution >= 4 is 23.3 Å². The molecule has 4 nitrogen and oxygen atoms in total. The maximum atomic E-state index is 11.1. The fourth-order valence-corrected chi connectivity index (χ4v) is 1.49. The fraction of sp³-hybridized carbons (Fsp3) is 0.250. The lowest BCUT2D eigenvalue weighted by Crippen LogP contribution is -2.20. The molecule has 0 unspecified atom stereocenters. The molecule has 1 aromatic heterocycles. The summed E-state index contributed by atoms with van der Waals surface area (Å²) in [5.41, 5.74) is 0. The Balaban J connectivity index is 2.79. The van der Waals surface area contributed by atoms with E-state index < -0.39 is 11.9 Å². The van der Waals surface area contributed by atoms with Crippen LogP contribution in [0.2, 0.25) is 0 Å². The molecule has 1 rings (SSSR count). The number of esters is 1. The van der Waals surface area contributed by atoms with Crippen molar-refractivity contribution in [2.45, 2.75) is 6.92 Å². The van der Waals surface area contributed by atoms with Gasteiger partial charge in [-0.05, 0) is 19.1 Å². The van der Waals surface area contributed by atoms with Gasteiger partial charge in [0.05, 0.1) is 17.5 Å². The number of carboxylic acid groups (broad SMARTS) is 1. The molecule has 0 aromatic carbocycles. The first-order valence-electron chi connectivity index (χ1n) is 3.63. The standard InChI is InChI=1S/C8H8O4S/c1-2-12-8(11)6-4-3-5(13-6)7(9)10/h3-4H,2H2,1H3,(H,9,10)/p-1. The minimum atomic E-state index is -1.28. The Kier molecular flexibility index (Phi) is 3.02. The monoisotopic (exact) mass is 199 g/mol. The van der Waals surface area contributed by atoms with Crippen LogP contribution in [-0.2, 0) is 4.74 Å². The van der Waals surface area contributed by atoms with E-state index in [-0.39, 0.29) is 16.4 Å². The molecule has 0 N–H and O–H groups in total. The Morgan fingerprint density at radius 2 is 2.08 bits per heavy atom. The number of hydrogen-bond acceptors (Lipinski definition) is 5. The van der Waals surface area contributed by atoms with Crippen LogP contribution >= 0.6 is 11.3 Å². The van der Waals surface area contributed by atoms with Gasteiger partial charge >= 0.3 is 5.97 Å². The predicted octanol–water partition coefficient (Wildman–Crippen LogP) is 0.288. The molecular formula is C8H7O4S-. The average Bonchev–Trinajstić information content (AvgIpc) is 2.52. The molecule has 13 heavy (non-hydrogen) atoms. The molecule has 70 valence electrons. The summed E-state index contributed by atoms with van der Waals surface area (Å²) in [5.74, 6) is -1.78. The van der Waals surface area contributed by atoms with Gasteiger partial charge in [0.1, 0.15) is 4.88 Å². The van der Waals surface area contributed by atoms with Crippen LogP contribution in [0.15, 0.2) is 12.1 Å². The zero-order chi connectivity index (χ0) is 9.84. The maximum absolute atomic E-state index is 11.1. The van der Waals surface area contributed by atoms with Gasteiger partial charge < -0.3 is 14.6 Å². The number of thiophene rings is 1. The maximum Gasteiger partial charge on any atom is 0.348 e. The van der Waals surface area contributed by atoms with Crippen molar-refractivity contribution in [3.63, 3.8) is 0 Å². The van der Waals surface area contributed by atoms with E-state index in [1.165, 1.54) is 12.1 Å². The minimum absolute atomic E-state index is 0.0306. The molecule has 0 saturated heterocycles. The molecule has 0 radical (unpaired) electrons. The Bertz CT molecular complexity index is 329. The number of carbonyl (C=O) groups is 2. The highest BCUT2D eigenvalue weighted by molar-refractivity contribution is 7.15. The number of hydrogen-bond donors (Lipinski definition) is 0. The zero-order valence-electron chi connectivity index (χ0n) is 6.90. The second-order valence-corrected chi connectivity index (χ2v) is 3.26. The Morgan fingerprint density at radius 1 is 1.46 bits per heavy atom. The number of aromatic carboxylic acids is 1. The number of carboxylic acids is 1. The van der Waals surface area contributed by atoms with Crippen molar-refractivity contribution in [3.8, 4) is 0 Å². The van der Waals surface area contributed by atoms with Crippen molar-refractivity contribution in [2.75, 3.05) is 6.61 Å². The van der Waals surface area contributed by atoms with Gasteiger partial charge in [0, 0.05) is 0 Å². The minimum Gasteiger partial charge on any atom is -0.544 e. The van der Waals surface area contributed by atoms with E-state index in [1.54, 1.807) is 6.92 Å². The number of carbonyl (C=O) groups excluding carboxylic acids is 2. The van der Waals surface area contributed by atoms with E-state index in [2.05, 4.69) is 4.74 Å². The quantitative estimate of drug-likeness (QED) is 0.656. The van der Waals surface area contributed by atoms with Gasteiger partial charge in [-0.2, -0.15) is 0 Å².